The smallest absolute Gasteiger partial charge is 0.302 e. The van der Waals surface area contributed by atoms with Gasteiger partial charge in [0.2, 0.25) is 5.88 Å². The number of hydrogen-bond donors (Lipinski definition) is 1. The van der Waals surface area contributed by atoms with Crippen molar-refractivity contribution in [1.82, 2.24) is 9.47 Å². The number of carbonyl (C=O) groups excluding carboxylic acids is 1. The third-order valence-corrected chi connectivity index (χ3v) is 5.28. The molecular formula is C22H23N5O6. The van der Waals surface area contributed by atoms with Crippen LogP contribution in [0.5, 0.6) is 11.6 Å². The highest BCUT2D eigenvalue weighted by Gasteiger charge is 2.20. The van der Waals surface area contributed by atoms with Gasteiger partial charge < -0.3 is 14.6 Å². The predicted molar refractivity (Wildman–Crippen MR) is 119 cm³/mol. The SMILES string of the molecule is Cc1ccc2c(c1)c(N=NC(=O)COc1ccc([N+](=O)[O-])cc1)c(O)n2CN1CCOCC1. The second kappa shape index (κ2) is 9.76. The summed E-state index contributed by atoms with van der Waals surface area (Å²) in [6.07, 6.45) is 0. The van der Waals surface area contributed by atoms with Gasteiger partial charge in [0.05, 0.1) is 30.3 Å². The van der Waals surface area contributed by atoms with E-state index in [-0.39, 0.29) is 17.3 Å². The van der Waals surface area contributed by atoms with Gasteiger partial charge in [0, 0.05) is 30.6 Å². The van der Waals surface area contributed by atoms with Crippen molar-refractivity contribution in [3.05, 3.63) is 58.1 Å². The lowest BCUT2D eigenvalue weighted by atomic mass is 10.1. The Bertz CT molecular complexity index is 1200. The lowest BCUT2D eigenvalue weighted by Crippen LogP contribution is -2.37. The number of hydrogen-bond acceptors (Lipinski definition) is 8. The van der Waals surface area contributed by atoms with Crippen LogP contribution in [0.15, 0.2) is 52.7 Å². The summed E-state index contributed by atoms with van der Waals surface area (Å²) in [6, 6.07) is 11.1. The molecule has 0 aliphatic carbocycles. The maximum atomic E-state index is 12.2. The number of nitro benzene ring substituents is 1. The number of aryl methyl sites for hydroxylation is 1. The molecule has 0 spiro atoms. The van der Waals surface area contributed by atoms with Crippen LogP contribution in [0, 0.1) is 17.0 Å². The largest absolute Gasteiger partial charge is 0.493 e. The predicted octanol–water partition coefficient (Wildman–Crippen LogP) is 3.54. The van der Waals surface area contributed by atoms with Crippen LogP contribution in [0.3, 0.4) is 0 Å². The molecule has 1 aliphatic rings. The Morgan fingerprint density at radius 1 is 1.21 bits per heavy atom. The highest BCUT2D eigenvalue weighted by molar-refractivity contribution is 5.95. The molecule has 0 unspecified atom stereocenters. The van der Waals surface area contributed by atoms with Crippen molar-refractivity contribution in [2.75, 3.05) is 32.9 Å². The highest BCUT2D eigenvalue weighted by Crippen LogP contribution is 2.39. The van der Waals surface area contributed by atoms with Gasteiger partial charge in [-0.15, -0.1) is 10.2 Å². The fraction of sp³-hybridized carbons (Fsp3) is 0.318. The van der Waals surface area contributed by atoms with Crippen LogP contribution >= 0.6 is 0 Å². The van der Waals surface area contributed by atoms with Crippen molar-refractivity contribution in [1.29, 1.82) is 0 Å². The molecule has 1 N–H and O–H groups in total. The van der Waals surface area contributed by atoms with Gasteiger partial charge in [-0.1, -0.05) is 11.6 Å². The van der Waals surface area contributed by atoms with E-state index in [4.69, 9.17) is 9.47 Å². The van der Waals surface area contributed by atoms with E-state index in [1.807, 2.05) is 25.1 Å². The summed E-state index contributed by atoms with van der Waals surface area (Å²) >= 11 is 0. The van der Waals surface area contributed by atoms with E-state index < -0.39 is 17.4 Å². The molecule has 3 aromatic rings. The molecule has 172 valence electrons. The number of azo groups is 1. The average molecular weight is 453 g/mol. The number of non-ortho nitro benzene ring substituents is 1. The van der Waals surface area contributed by atoms with Crippen molar-refractivity contribution in [2.24, 2.45) is 10.2 Å². The number of rotatable bonds is 7. The number of nitrogens with zero attached hydrogens (tertiary/aromatic N) is 5. The standard InChI is InChI=1S/C22H23N5O6/c1-15-2-7-19-18(12-15)21(22(29)26(19)14-25-8-10-32-11-9-25)24-23-20(28)13-33-17-5-3-16(4-6-17)27(30)31/h2-7,12,29H,8-11,13-14H2,1H3. The lowest BCUT2D eigenvalue weighted by molar-refractivity contribution is -0.384. The summed E-state index contributed by atoms with van der Waals surface area (Å²) in [5.41, 5.74) is 1.90. The zero-order chi connectivity index (χ0) is 23.4. The monoisotopic (exact) mass is 453 g/mol. The Morgan fingerprint density at radius 2 is 1.94 bits per heavy atom. The number of amides is 1. The summed E-state index contributed by atoms with van der Waals surface area (Å²) in [5.74, 6) is -0.436. The Morgan fingerprint density at radius 3 is 2.64 bits per heavy atom. The number of aromatic nitrogens is 1. The number of fused-ring (bicyclic) bond motifs is 1. The molecule has 0 saturated carbocycles. The molecule has 33 heavy (non-hydrogen) atoms. The lowest BCUT2D eigenvalue weighted by Gasteiger charge is -2.27. The topological polar surface area (TPSA) is 132 Å². The summed E-state index contributed by atoms with van der Waals surface area (Å²) < 4.78 is 12.4. The van der Waals surface area contributed by atoms with Gasteiger partial charge in [0.25, 0.3) is 5.69 Å². The molecule has 0 atom stereocenters. The van der Waals surface area contributed by atoms with Crippen LogP contribution in [0.4, 0.5) is 11.4 Å². The van der Waals surface area contributed by atoms with Gasteiger partial charge in [-0.2, -0.15) is 0 Å². The molecule has 2 heterocycles. The fourth-order valence-corrected chi connectivity index (χ4v) is 3.57. The maximum Gasteiger partial charge on any atom is 0.302 e. The van der Waals surface area contributed by atoms with Crippen molar-refractivity contribution in [3.8, 4) is 11.6 Å². The zero-order valence-electron chi connectivity index (χ0n) is 18.0. The number of ether oxygens (including phenoxy) is 2. The van der Waals surface area contributed by atoms with E-state index in [2.05, 4.69) is 15.1 Å². The minimum absolute atomic E-state index is 0.0741. The number of nitro groups is 1. The first kappa shape index (κ1) is 22.4. The fourth-order valence-electron chi connectivity index (χ4n) is 3.57. The van der Waals surface area contributed by atoms with Gasteiger partial charge in [0.1, 0.15) is 5.75 Å². The summed E-state index contributed by atoms with van der Waals surface area (Å²) in [7, 11) is 0. The molecule has 1 saturated heterocycles. The normalized spacial score (nSPS) is 14.7. The summed E-state index contributed by atoms with van der Waals surface area (Å²) in [4.78, 5) is 24.5. The number of benzene rings is 2. The Labute approximate surface area is 189 Å². The van der Waals surface area contributed by atoms with E-state index in [0.29, 0.717) is 31.0 Å². The van der Waals surface area contributed by atoms with Crippen molar-refractivity contribution in [2.45, 2.75) is 13.6 Å². The minimum atomic E-state index is -0.658. The Kier molecular flexibility index (Phi) is 6.61. The second-order valence-electron chi connectivity index (χ2n) is 7.63. The number of carbonyl (C=O) groups is 1. The van der Waals surface area contributed by atoms with E-state index in [9.17, 15) is 20.0 Å². The van der Waals surface area contributed by atoms with Crippen molar-refractivity contribution < 1.29 is 24.3 Å². The van der Waals surface area contributed by atoms with E-state index in [1.54, 1.807) is 4.57 Å². The van der Waals surface area contributed by atoms with Crippen LogP contribution in [-0.2, 0) is 16.2 Å². The van der Waals surface area contributed by atoms with Crippen LogP contribution in [-0.4, -0.2) is 58.3 Å². The quantitative estimate of drug-likeness (QED) is 0.329. The third-order valence-electron chi connectivity index (χ3n) is 5.28. The molecular weight excluding hydrogens is 430 g/mol. The van der Waals surface area contributed by atoms with Gasteiger partial charge in [0.15, 0.2) is 12.3 Å². The molecule has 11 heteroatoms. The maximum absolute atomic E-state index is 12.2. The Balaban J connectivity index is 1.50. The first-order valence-corrected chi connectivity index (χ1v) is 10.4. The van der Waals surface area contributed by atoms with Gasteiger partial charge in [-0.05, 0) is 31.2 Å². The van der Waals surface area contributed by atoms with Crippen LogP contribution in [0.1, 0.15) is 5.56 Å². The molecule has 0 radical (unpaired) electrons. The average Bonchev–Trinajstić information content (AvgIpc) is 3.07. The molecule has 4 rings (SSSR count). The molecule has 11 nitrogen and oxygen atoms in total. The molecule has 1 fully saturated rings. The molecule has 1 aliphatic heterocycles. The van der Waals surface area contributed by atoms with Gasteiger partial charge >= 0.3 is 5.91 Å². The zero-order valence-corrected chi connectivity index (χ0v) is 18.0. The molecule has 1 amide bonds. The van der Waals surface area contributed by atoms with E-state index in [1.165, 1.54) is 24.3 Å². The first-order valence-electron chi connectivity index (χ1n) is 10.4. The third kappa shape index (κ3) is 5.16. The number of aromatic hydroxyl groups is 1. The van der Waals surface area contributed by atoms with Gasteiger partial charge in [-0.3, -0.25) is 24.4 Å². The van der Waals surface area contributed by atoms with E-state index in [0.717, 1.165) is 24.2 Å². The second-order valence-corrected chi connectivity index (χ2v) is 7.63. The van der Waals surface area contributed by atoms with Crippen molar-refractivity contribution in [3.63, 3.8) is 0 Å². The van der Waals surface area contributed by atoms with E-state index >= 15 is 0 Å². The van der Waals surface area contributed by atoms with Crippen LogP contribution < -0.4 is 4.74 Å². The molecule has 0 bridgehead atoms. The van der Waals surface area contributed by atoms with Crippen molar-refractivity contribution >= 4 is 28.2 Å². The highest BCUT2D eigenvalue weighted by atomic mass is 16.6. The van der Waals surface area contributed by atoms with Crippen LogP contribution in [0.2, 0.25) is 0 Å². The molecule has 1 aromatic heterocycles. The summed E-state index contributed by atoms with van der Waals surface area (Å²) in [6.45, 7) is 4.76. The number of morpholine rings is 1. The first-order chi connectivity index (χ1) is 15.9. The summed E-state index contributed by atoms with van der Waals surface area (Å²) in [5, 5.41) is 30.0. The molecule has 2 aromatic carbocycles. The van der Waals surface area contributed by atoms with Gasteiger partial charge in [-0.25, -0.2) is 0 Å². The Hall–Kier alpha value is -3.83. The van der Waals surface area contributed by atoms with Crippen LogP contribution in [0.25, 0.3) is 10.9 Å². The minimum Gasteiger partial charge on any atom is -0.493 e.